The predicted molar refractivity (Wildman–Crippen MR) is 531 cm³/mol. The number of para-hydroxylation sites is 3. The molecule has 2 amide bonds. The third-order valence-electron chi connectivity index (χ3n) is 23.9. The Kier molecular flexibility index (Phi) is 23.6. The van der Waals surface area contributed by atoms with Crippen LogP contribution in [-0.2, 0) is 6.42 Å². The second-order valence-electron chi connectivity index (χ2n) is 32.9. The Morgan fingerprint density at radius 3 is 1.18 bits per heavy atom. The number of amides is 2. The molecule has 0 aliphatic heterocycles. The van der Waals surface area contributed by atoms with Gasteiger partial charge in [-0.15, -0.1) is 0 Å². The van der Waals surface area contributed by atoms with E-state index in [1.54, 1.807) is 18.2 Å². The molecule has 1 aliphatic rings. The summed E-state index contributed by atoms with van der Waals surface area (Å²) in [6.45, 7) is 2.69. The number of aromatic nitrogens is 31. The lowest BCUT2D eigenvalue weighted by molar-refractivity contribution is 0.0952. The van der Waals surface area contributed by atoms with Crippen molar-refractivity contribution in [3.05, 3.63) is 315 Å². The summed E-state index contributed by atoms with van der Waals surface area (Å²) in [5.41, 5.74) is 24.1. The lowest BCUT2D eigenvalue weighted by Crippen LogP contribution is -2.23. The molecule has 678 valence electrons. The third kappa shape index (κ3) is 18.4. The summed E-state index contributed by atoms with van der Waals surface area (Å²) in [5, 5.41) is 90.6. The summed E-state index contributed by atoms with van der Waals surface area (Å²) >= 11 is 1.45. The molecular formula is C102H80FN33O2S. The number of carbonyl (C=O) groups is 2. The fraction of sp³-hybridized carbons (Fsp3) is 0.0882. The number of imidazole rings is 1. The number of benzene rings is 12. The summed E-state index contributed by atoms with van der Waals surface area (Å²) in [6, 6.07) is 83.3. The standard InChI is InChI=1S/C23H15N7OS.C22H15N7.C21H20FN5.C19H18N6O.C17H12N8/c31-22(27-23-26-18-6-1-2-7-19(18)32-23)15-5-3-4-13(10-15)20-16-11-14(21-24-12-25-30-21)8-9-17(16)28-29-20;1-2-7-19-18(6-1)25-22(26-19)14-5-3-4-13(10-14)20-16-11-15(21-23-12-24-29-21)8-9-17(16)27-28-20;22-16-8-5-14(6-9-16)20-17-12-15(7-10-18(17)24-26-20)21-23-19(25-27-21)11-13-3-1-2-4-13;1-2-8-20-19(26)14-5-3-4-12(9-14)17-15-10-13(18-21-11-22-25-18)6-7-16(15)23-24-17;1-2-10(6-11(3-1)16-18-8-20-24-16)15-13-7-12(17-19-9-21-25-17)4-5-14(13)22-23-15/h1-12H,(H,28,29)(H,24,25,30)(H,26,27,31);1-12H,(H,25,26)(H,27,28)(H,23,24,29);5-10,12-13H,1-4,11H2,(H,24,26)(H,23,25,27);3-7,9-11H,2,8H2,1H3,(H,20,26)(H,23,24)(H,21,22,25);1-9H,(H,22,23)(H,18,20,24)(H,19,21,25). The molecule has 0 saturated heterocycles. The fourth-order valence-electron chi connectivity index (χ4n) is 17.0. The number of halogens is 1. The zero-order valence-corrected chi connectivity index (χ0v) is 74.7. The van der Waals surface area contributed by atoms with E-state index < -0.39 is 0 Å². The van der Waals surface area contributed by atoms with Gasteiger partial charge < -0.3 is 10.3 Å². The molecule has 0 atom stereocenters. The quantitative estimate of drug-likeness (QED) is 0.0357. The number of hydrogen-bond donors (Lipinski definition) is 14. The van der Waals surface area contributed by atoms with Crippen molar-refractivity contribution < 1.29 is 14.0 Å². The molecule has 0 bridgehead atoms. The van der Waals surface area contributed by atoms with E-state index in [-0.39, 0.29) is 17.6 Å². The maximum Gasteiger partial charge on any atom is 0.257 e. The number of nitrogens with zero attached hydrogens (tertiary/aromatic N) is 19. The molecule has 0 radical (unpaired) electrons. The molecule has 26 rings (SSSR count). The van der Waals surface area contributed by atoms with E-state index in [0.717, 1.165) is 219 Å². The van der Waals surface area contributed by atoms with Crippen LogP contribution in [0.2, 0.25) is 0 Å². The third-order valence-corrected chi connectivity index (χ3v) is 24.9. The van der Waals surface area contributed by atoms with Crippen molar-refractivity contribution in [2.24, 2.45) is 5.92 Å². The first kappa shape index (κ1) is 85.5. The summed E-state index contributed by atoms with van der Waals surface area (Å²) in [6.07, 6.45) is 14.6. The molecule has 1 aliphatic carbocycles. The first-order valence-corrected chi connectivity index (χ1v) is 45.5. The Labute approximate surface area is 790 Å². The molecule has 14 N–H and O–H groups in total. The van der Waals surface area contributed by atoms with Gasteiger partial charge in [0.1, 0.15) is 49.1 Å². The summed E-state index contributed by atoms with van der Waals surface area (Å²) in [7, 11) is 0. The number of H-pyrrole nitrogens is 12. The van der Waals surface area contributed by atoms with Crippen molar-refractivity contribution in [1.29, 1.82) is 0 Å². The van der Waals surface area contributed by atoms with Crippen LogP contribution in [0, 0.1) is 11.7 Å². The zero-order valence-electron chi connectivity index (χ0n) is 73.8. The highest BCUT2D eigenvalue weighted by molar-refractivity contribution is 7.22. The van der Waals surface area contributed by atoms with Crippen LogP contribution in [0.1, 0.15) is 65.6 Å². The van der Waals surface area contributed by atoms with E-state index in [1.807, 2.05) is 207 Å². The van der Waals surface area contributed by atoms with Crippen LogP contribution in [0.5, 0.6) is 0 Å². The normalized spacial score (nSPS) is 12.0. The number of thiazole rings is 1. The first-order chi connectivity index (χ1) is 68.5. The predicted octanol–water partition coefficient (Wildman–Crippen LogP) is 20.3. The lowest BCUT2D eigenvalue weighted by Gasteiger charge is -2.05. The Morgan fingerprint density at radius 1 is 0.345 bits per heavy atom. The van der Waals surface area contributed by atoms with Gasteiger partial charge in [-0.1, -0.05) is 129 Å². The minimum absolute atomic E-state index is 0.0732. The molecule has 12 aromatic carbocycles. The van der Waals surface area contributed by atoms with Gasteiger partial charge in [-0.25, -0.2) is 44.3 Å². The van der Waals surface area contributed by atoms with E-state index in [2.05, 4.69) is 188 Å². The highest BCUT2D eigenvalue weighted by Gasteiger charge is 2.23. The van der Waals surface area contributed by atoms with Gasteiger partial charge in [-0.2, -0.15) is 56.1 Å². The highest BCUT2D eigenvalue weighted by atomic mass is 32.1. The SMILES string of the molecule is CCCNC(=O)c1cccc(-c2n[nH]c3ccc(-c4ncn[nH]4)cc23)c1.Fc1ccc(-c2n[nH]c3ccc(-c4n[nH]c(CC5CCCC5)n4)cc23)cc1.O=C(Nc1nc2ccccc2s1)c1cccc(-c2n[nH]c3ccc(-c4ncn[nH]4)cc23)c1.c1cc(-c2nc3ccccc3[nH]2)cc(-c2n[nH]c3ccc(-c4ncn[nH]4)cc23)c1.c1cc(-c2ncn[nH]2)cc(-c2n[nH]c3ccc(-c4ncn[nH]4)cc23)c1. The van der Waals surface area contributed by atoms with E-state index in [4.69, 9.17) is 9.97 Å². The van der Waals surface area contributed by atoms with Crippen LogP contribution in [-0.4, -0.2) is 175 Å². The minimum Gasteiger partial charge on any atom is -0.352 e. The van der Waals surface area contributed by atoms with Gasteiger partial charge in [0.15, 0.2) is 40.1 Å². The molecule has 0 spiro atoms. The smallest absolute Gasteiger partial charge is 0.257 e. The van der Waals surface area contributed by atoms with E-state index >= 15 is 0 Å². The number of hydrogen-bond acceptors (Lipinski definition) is 22. The van der Waals surface area contributed by atoms with Crippen molar-refractivity contribution in [3.8, 4) is 136 Å². The van der Waals surface area contributed by atoms with Crippen LogP contribution >= 0.6 is 11.3 Å². The van der Waals surface area contributed by atoms with Gasteiger partial charge in [0.2, 0.25) is 0 Å². The van der Waals surface area contributed by atoms with Crippen LogP contribution in [0.15, 0.2) is 292 Å². The van der Waals surface area contributed by atoms with Gasteiger partial charge in [0.25, 0.3) is 11.8 Å². The van der Waals surface area contributed by atoms with Crippen LogP contribution in [0.4, 0.5) is 9.52 Å². The van der Waals surface area contributed by atoms with E-state index in [0.29, 0.717) is 40.3 Å². The lowest BCUT2D eigenvalue weighted by atomic mass is 10.0. The van der Waals surface area contributed by atoms with Crippen LogP contribution in [0.3, 0.4) is 0 Å². The van der Waals surface area contributed by atoms with E-state index in [9.17, 15) is 14.0 Å². The zero-order chi connectivity index (χ0) is 93.5. The molecule has 1 saturated carbocycles. The van der Waals surface area contributed by atoms with Gasteiger partial charge in [-0.3, -0.25) is 71.0 Å². The van der Waals surface area contributed by atoms with Crippen molar-refractivity contribution in [3.63, 3.8) is 0 Å². The molecule has 25 aromatic rings. The number of fused-ring (bicyclic) bond motifs is 7. The average Bonchev–Trinajstić information content (AvgIpc) is 1.66. The van der Waals surface area contributed by atoms with E-state index in [1.165, 1.54) is 80.8 Å². The average molecular weight is 1850 g/mol. The van der Waals surface area contributed by atoms with Gasteiger partial charge in [0.05, 0.1) is 77.3 Å². The molecular weight excluding hydrogens is 1770 g/mol. The number of carbonyl (C=O) groups excluding carboxylic acids is 2. The number of nitrogens with one attached hydrogen (secondary N) is 14. The number of anilines is 1. The highest BCUT2D eigenvalue weighted by Crippen LogP contribution is 2.39. The van der Waals surface area contributed by atoms with Gasteiger partial charge >= 0.3 is 0 Å². The molecule has 35 nitrogen and oxygen atoms in total. The topological polar surface area (TPSA) is 493 Å². The summed E-state index contributed by atoms with van der Waals surface area (Å²) < 4.78 is 14.3. The Morgan fingerprint density at radius 2 is 0.734 bits per heavy atom. The Balaban J connectivity index is 0.000000100. The van der Waals surface area contributed by atoms with Crippen molar-refractivity contribution >= 4 is 104 Å². The van der Waals surface area contributed by atoms with Crippen LogP contribution in [0.25, 0.3) is 212 Å². The largest absolute Gasteiger partial charge is 0.352 e. The second-order valence-corrected chi connectivity index (χ2v) is 34.0. The molecule has 37 heteroatoms. The summed E-state index contributed by atoms with van der Waals surface area (Å²) in [4.78, 5) is 63.5. The Bertz CT molecular complexity index is 8550. The first-order valence-electron chi connectivity index (χ1n) is 44.7. The van der Waals surface area contributed by atoms with Crippen LogP contribution < -0.4 is 10.6 Å². The van der Waals surface area contributed by atoms with Gasteiger partial charge in [-0.05, 0) is 188 Å². The molecule has 1 fully saturated rings. The maximum absolute atomic E-state index is 13.2. The summed E-state index contributed by atoms with van der Waals surface area (Å²) in [5.74, 6) is 6.26. The minimum atomic E-state index is -0.255. The maximum atomic E-state index is 13.2. The van der Waals surface area contributed by atoms with Crippen molar-refractivity contribution in [2.45, 2.75) is 45.4 Å². The van der Waals surface area contributed by atoms with Crippen molar-refractivity contribution in [1.82, 2.24) is 162 Å². The Hall–Kier alpha value is -18.9. The molecule has 13 heterocycles. The van der Waals surface area contributed by atoms with Crippen molar-refractivity contribution in [2.75, 3.05) is 11.9 Å². The second kappa shape index (κ2) is 38.3. The molecule has 0 unspecified atom stereocenters. The molecule has 139 heavy (non-hydrogen) atoms. The molecule has 13 aromatic heterocycles. The fourth-order valence-corrected chi connectivity index (χ4v) is 17.9. The number of rotatable bonds is 19. The number of aromatic amines is 12. The monoisotopic (exact) mass is 1850 g/mol. The van der Waals surface area contributed by atoms with Gasteiger partial charge in [0, 0.05) is 118 Å².